The molecule has 0 saturated heterocycles. The van der Waals surface area contributed by atoms with E-state index in [-0.39, 0.29) is 23.1 Å². The first kappa shape index (κ1) is 17.5. The quantitative estimate of drug-likeness (QED) is 0.519. The molecular weight excluding hydrogens is 332 g/mol. The molecule has 0 spiro atoms. The predicted octanol–water partition coefficient (Wildman–Crippen LogP) is 3.09. The van der Waals surface area contributed by atoms with Crippen LogP contribution in [0.4, 0.5) is 5.69 Å². The van der Waals surface area contributed by atoms with Crippen LogP contribution in [0.2, 0.25) is 0 Å². The molecule has 0 atom stereocenters. The van der Waals surface area contributed by atoms with Crippen molar-refractivity contribution >= 4 is 23.1 Å². The molecule has 0 fully saturated rings. The third kappa shape index (κ3) is 3.54. The fourth-order valence-electron chi connectivity index (χ4n) is 2.90. The molecule has 6 heteroatoms. The third-order valence-electron chi connectivity index (χ3n) is 4.16. The number of esters is 1. The van der Waals surface area contributed by atoms with Crippen LogP contribution >= 0.6 is 0 Å². The van der Waals surface area contributed by atoms with E-state index in [1.165, 1.54) is 26.2 Å². The number of benzene rings is 2. The zero-order valence-corrected chi connectivity index (χ0v) is 14.7. The van der Waals surface area contributed by atoms with E-state index in [2.05, 4.69) is 0 Å². The van der Waals surface area contributed by atoms with E-state index in [1.807, 2.05) is 36.5 Å². The zero-order chi connectivity index (χ0) is 18.7. The Labute approximate surface area is 151 Å². The minimum absolute atomic E-state index is 0.191. The number of rotatable bonds is 4. The molecule has 0 saturated carbocycles. The molecule has 2 N–H and O–H groups in total. The van der Waals surface area contributed by atoms with Crippen LogP contribution in [0.5, 0.6) is 11.5 Å². The van der Waals surface area contributed by atoms with Crippen molar-refractivity contribution in [1.82, 2.24) is 4.90 Å². The summed E-state index contributed by atoms with van der Waals surface area (Å²) in [5.74, 6) is -0.238. The van der Waals surface area contributed by atoms with Gasteiger partial charge in [-0.05, 0) is 23.6 Å². The molecule has 2 aromatic rings. The lowest BCUT2D eigenvalue weighted by Gasteiger charge is -2.17. The molecule has 0 radical (unpaired) electrons. The van der Waals surface area contributed by atoms with Crippen LogP contribution in [0.25, 0.3) is 5.57 Å². The SMILES string of the molecule is COc1cc(C(=O)N2C=C(c3ccccc3)CC2)c(N)cc1OC(C)=O. The van der Waals surface area contributed by atoms with Gasteiger partial charge in [0, 0.05) is 31.4 Å². The number of nitrogens with zero attached hydrogens (tertiary/aromatic N) is 1. The van der Waals surface area contributed by atoms with Crippen molar-refractivity contribution in [2.24, 2.45) is 0 Å². The van der Waals surface area contributed by atoms with Gasteiger partial charge < -0.3 is 20.1 Å². The maximum Gasteiger partial charge on any atom is 0.308 e. The topological polar surface area (TPSA) is 81.9 Å². The maximum atomic E-state index is 12.9. The van der Waals surface area contributed by atoms with Gasteiger partial charge in [0.25, 0.3) is 5.91 Å². The molecule has 3 rings (SSSR count). The third-order valence-corrected chi connectivity index (χ3v) is 4.16. The highest BCUT2D eigenvalue weighted by molar-refractivity contribution is 6.01. The smallest absolute Gasteiger partial charge is 0.308 e. The largest absolute Gasteiger partial charge is 0.493 e. The van der Waals surface area contributed by atoms with Crippen molar-refractivity contribution in [3.05, 3.63) is 59.8 Å². The first-order valence-electron chi connectivity index (χ1n) is 8.22. The van der Waals surface area contributed by atoms with Crippen molar-refractivity contribution in [3.63, 3.8) is 0 Å². The summed E-state index contributed by atoms with van der Waals surface area (Å²) in [5.41, 5.74) is 8.75. The second-order valence-corrected chi connectivity index (χ2v) is 5.95. The number of methoxy groups -OCH3 is 1. The van der Waals surface area contributed by atoms with Gasteiger partial charge in [0.05, 0.1) is 12.7 Å². The van der Waals surface area contributed by atoms with Crippen LogP contribution in [0.1, 0.15) is 29.3 Å². The summed E-state index contributed by atoms with van der Waals surface area (Å²) in [7, 11) is 1.44. The Morgan fingerprint density at radius 3 is 2.50 bits per heavy atom. The highest BCUT2D eigenvalue weighted by Gasteiger charge is 2.24. The minimum atomic E-state index is -0.489. The van der Waals surface area contributed by atoms with Crippen LogP contribution in [0.15, 0.2) is 48.7 Å². The molecule has 0 unspecified atom stereocenters. The molecule has 0 aliphatic carbocycles. The Hall–Kier alpha value is -3.28. The van der Waals surface area contributed by atoms with Gasteiger partial charge in [0.15, 0.2) is 11.5 Å². The second kappa shape index (κ2) is 7.31. The first-order valence-corrected chi connectivity index (χ1v) is 8.22. The zero-order valence-electron chi connectivity index (χ0n) is 14.7. The Morgan fingerprint density at radius 2 is 1.85 bits per heavy atom. The van der Waals surface area contributed by atoms with Crippen molar-refractivity contribution in [3.8, 4) is 11.5 Å². The van der Waals surface area contributed by atoms with Gasteiger partial charge >= 0.3 is 5.97 Å². The summed E-state index contributed by atoms with van der Waals surface area (Å²) >= 11 is 0. The lowest BCUT2D eigenvalue weighted by atomic mass is 10.1. The average molecular weight is 352 g/mol. The summed E-state index contributed by atoms with van der Waals surface area (Å²) < 4.78 is 10.3. The van der Waals surface area contributed by atoms with E-state index >= 15 is 0 Å². The van der Waals surface area contributed by atoms with Crippen LogP contribution < -0.4 is 15.2 Å². The van der Waals surface area contributed by atoms with Gasteiger partial charge in [0.2, 0.25) is 0 Å². The summed E-state index contributed by atoms with van der Waals surface area (Å²) in [4.78, 5) is 25.7. The molecule has 1 amide bonds. The monoisotopic (exact) mass is 352 g/mol. The average Bonchev–Trinajstić information content (AvgIpc) is 3.12. The number of carbonyl (C=O) groups is 2. The second-order valence-electron chi connectivity index (χ2n) is 5.95. The van der Waals surface area contributed by atoms with Crippen LogP contribution in [0, 0.1) is 0 Å². The predicted molar refractivity (Wildman–Crippen MR) is 98.8 cm³/mol. The molecule has 134 valence electrons. The Kier molecular flexibility index (Phi) is 4.93. The van der Waals surface area contributed by atoms with Gasteiger partial charge in [-0.3, -0.25) is 9.59 Å². The summed E-state index contributed by atoms with van der Waals surface area (Å²) in [6.07, 6.45) is 2.63. The van der Waals surface area contributed by atoms with E-state index in [1.54, 1.807) is 4.90 Å². The fourth-order valence-corrected chi connectivity index (χ4v) is 2.90. The van der Waals surface area contributed by atoms with Gasteiger partial charge in [-0.25, -0.2) is 0 Å². The number of ether oxygens (including phenoxy) is 2. The first-order chi connectivity index (χ1) is 12.5. The number of carbonyl (C=O) groups excluding carboxylic acids is 2. The standard InChI is InChI=1S/C20H20N2O4/c1-13(23)26-19-11-17(21)16(10-18(19)25-2)20(24)22-9-8-15(12-22)14-6-4-3-5-7-14/h3-7,10-12H,8-9,21H2,1-2H3. The van der Waals surface area contributed by atoms with E-state index in [9.17, 15) is 9.59 Å². The highest BCUT2D eigenvalue weighted by Crippen LogP contribution is 2.34. The van der Waals surface area contributed by atoms with Gasteiger partial charge in [-0.1, -0.05) is 30.3 Å². The van der Waals surface area contributed by atoms with Crippen molar-refractivity contribution in [2.75, 3.05) is 19.4 Å². The van der Waals surface area contributed by atoms with E-state index in [0.717, 1.165) is 17.6 Å². The number of hydrogen-bond acceptors (Lipinski definition) is 5. The molecule has 6 nitrogen and oxygen atoms in total. The lowest BCUT2D eigenvalue weighted by Crippen LogP contribution is -2.24. The minimum Gasteiger partial charge on any atom is -0.493 e. The van der Waals surface area contributed by atoms with Gasteiger partial charge in [0.1, 0.15) is 0 Å². The normalized spacial score (nSPS) is 13.3. The molecule has 1 aliphatic rings. The fraction of sp³-hybridized carbons (Fsp3) is 0.200. The van der Waals surface area contributed by atoms with E-state index in [0.29, 0.717) is 12.1 Å². The van der Waals surface area contributed by atoms with Crippen molar-refractivity contribution in [2.45, 2.75) is 13.3 Å². The van der Waals surface area contributed by atoms with Gasteiger partial charge in [-0.15, -0.1) is 0 Å². The Bertz CT molecular complexity index is 875. The van der Waals surface area contributed by atoms with E-state index in [4.69, 9.17) is 15.2 Å². The molecule has 0 bridgehead atoms. The Morgan fingerprint density at radius 1 is 1.12 bits per heavy atom. The van der Waals surface area contributed by atoms with E-state index < -0.39 is 5.97 Å². The molecule has 1 aliphatic heterocycles. The highest BCUT2D eigenvalue weighted by atomic mass is 16.6. The van der Waals surface area contributed by atoms with Crippen molar-refractivity contribution in [1.29, 1.82) is 0 Å². The number of hydrogen-bond donors (Lipinski definition) is 1. The van der Waals surface area contributed by atoms with Gasteiger partial charge in [-0.2, -0.15) is 0 Å². The number of anilines is 1. The van der Waals surface area contributed by atoms with Crippen LogP contribution in [-0.2, 0) is 4.79 Å². The molecule has 2 aromatic carbocycles. The van der Waals surface area contributed by atoms with Crippen LogP contribution in [-0.4, -0.2) is 30.4 Å². The number of amides is 1. The molecule has 0 aromatic heterocycles. The van der Waals surface area contributed by atoms with Crippen LogP contribution in [0.3, 0.4) is 0 Å². The van der Waals surface area contributed by atoms with Crippen molar-refractivity contribution < 1.29 is 19.1 Å². The molecular formula is C20H20N2O4. The Balaban J connectivity index is 1.88. The number of nitrogens with two attached hydrogens (primary N) is 1. The summed E-state index contributed by atoms with van der Waals surface area (Å²) in [6, 6.07) is 12.9. The lowest BCUT2D eigenvalue weighted by molar-refractivity contribution is -0.132. The molecule has 26 heavy (non-hydrogen) atoms. The summed E-state index contributed by atoms with van der Waals surface area (Å²) in [6.45, 7) is 1.87. The maximum absolute atomic E-state index is 12.9. The number of nitrogen functional groups attached to an aromatic ring is 1. The molecule has 1 heterocycles. The summed E-state index contributed by atoms with van der Waals surface area (Å²) in [5, 5.41) is 0.